The minimum atomic E-state index is -0.912. The van der Waals surface area contributed by atoms with Gasteiger partial charge in [0, 0.05) is 19.5 Å². The maximum absolute atomic E-state index is 12.6. The maximum Gasteiger partial charge on any atom is 0.270 e. The third-order valence-corrected chi connectivity index (χ3v) is 4.20. The summed E-state index contributed by atoms with van der Waals surface area (Å²) >= 11 is 0. The van der Waals surface area contributed by atoms with E-state index >= 15 is 0 Å². The van der Waals surface area contributed by atoms with Crippen molar-refractivity contribution in [2.75, 3.05) is 18.0 Å². The molecule has 0 unspecified atom stereocenters. The van der Waals surface area contributed by atoms with Gasteiger partial charge in [-0.05, 0) is 32.4 Å². The molecule has 0 radical (unpaired) electrons. The number of anilines is 1. The Morgan fingerprint density at radius 1 is 1.21 bits per heavy atom. The molecule has 1 aliphatic rings. The van der Waals surface area contributed by atoms with Crippen LogP contribution in [0.5, 0.6) is 5.75 Å². The van der Waals surface area contributed by atoms with Crippen molar-refractivity contribution in [1.29, 1.82) is 0 Å². The normalized spacial score (nSPS) is 15.6. The average molecular weight is 332 g/mol. The van der Waals surface area contributed by atoms with Crippen molar-refractivity contribution in [1.82, 2.24) is 5.32 Å². The van der Waals surface area contributed by atoms with E-state index < -0.39 is 5.60 Å². The molecule has 0 fully saturated rings. The first kappa shape index (κ1) is 18.3. The van der Waals surface area contributed by atoms with Gasteiger partial charge in [0.15, 0.2) is 5.60 Å². The lowest BCUT2D eigenvalue weighted by Crippen LogP contribution is -2.53. The third-order valence-electron chi connectivity index (χ3n) is 4.20. The molecule has 1 heterocycles. The molecule has 0 spiro atoms. The van der Waals surface area contributed by atoms with E-state index in [9.17, 15) is 9.59 Å². The third kappa shape index (κ3) is 4.49. The summed E-state index contributed by atoms with van der Waals surface area (Å²) in [5, 5.41) is 2.93. The van der Waals surface area contributed by atoms with E-state index in [1.165, 1.54) is 12.8 Å². The van der Waals surface area contributed by atoms with Crippen molar-refractivity contribution in [3.63, 3.8) is 0 Å². The van der Waals surface area contributed by atoms with E-state index in [2.05, 4.69) is 12.2 Å². The fourth-order valence-corrected chi connectivity index (χ4v) is 2.82. The van der Waals surface area contributed by atoms with Crippen molar-refractivity contribution < 1.29 is 14.3 Å². The molecule has 1 aliphatic heterocycles. The lowest BCUT2D eigenvalue weighted by atomic mass is 10.0. The fraction of sp³-hybridized carbons (Fsp3) is 0.579. The molecule has 1 N–H and O–H groups in total. The first-order valence-electron chi connectivity index (χ1n) is 8.82. The topological polar surface area (TPSA) is 58.6 Å². The molecule has 0 aliphatic carbocycles. The Labute approximate surface area is 144 Å². The largest absolute Gasteiger partial charge is 0.476 e. The number of ether oxygens (including phenoxy) is 1. The first-order valence-corrected chi connectivity index (χ1v) is 8.82. The summed E-state index contributed by atoms with van der Waals surface area (Å²) in [5.74, 6) is 0.556. The lowest BCUT2D eigenvalue weighted by Gasteiger charge is -2.38. The van der Waals surface area contributed by atoms with Crippen molar-refractivity contribution in [2.24, 2.45) is 0 Å². The Morgan fingerprint density at radius 2 is 1.96 bits per heavy atom. The van der Waals surface area contributed by atoms with Gasteiger partial charge < -0.3 is 15.0 Å². The minimum Gasteiger partial charge on any atom is -0.476 e. The van der Waals surface area contributed by atoms with Crippen LogP contribution in [0.2, 0.25) is 0 Å². The minimum absolute atomic E-state index is 0.0129. The Morgan fingerprint density at radius 3 is 2.71 bits per heavy atom. The molecule has 0 bridgehead atoms. The number of unbranched alkanes of at least 4 members (excludes halogenated alkanes) is 3. The molecule has 0 saturated heterocycles. The molecular weight excluding hydrogens is 304 g/mol. The second-order valence-electron chi connectivity index (χ2n) is 6.70. The van der Waals surface area contributed by atoms with Crippen molar-refractivity contribution >= 4 is 17.5 Å². The Balaban J connectivity index is 1.91. The molecule has 0 aromatic heterocycles. The van der Waals surface area contributed by atoms with Crippen LogP contribution in [0.15, 0.2) is 24.3 Å². The Bertz CT molecular complexity index is 584. The molecule has 0 saturated carbocycles. The van der Waals surface area contributed by atoms with Gasteiger partial charge in [0.1, 0.15) is 5.75 Å². The van der Waals surface area contributed by atoms with Crippen LogP contribution in [0.25, 0.3) is 0 Å². The van der Waals surface area contributed by atoms with E-state index in [0.29, 0.717) is 25.3 Å². The SMILES string of the molecule is CCCCCCNC(=O)CCN1C(=O)C(C)(C)Oc2ccccc21. The number of fused-ring (bicyclic) bond motifs is 1. The molecule has 5 heteroatoms. The fourth-order valence-electron chi connectivity index (χ4n) is 2.82. The highest BCUT2D eigenvalue weighted by Gasteiger charge is 2.40. The van der Waals surface area contributed by atoms with Gasteiger partial charge >= 0.3 is 0 Å². The van der Waals surface area contributed by atoms with E-state index in [4.69, 9.17) is 4.74 Å². The summed E-state index contributed by atoms with van der Waals surface area (Å²) < 4.78 is 5.78. The summed E-state index contributed by atoms with van der Waals surface area (Å²) in [6.45, 7) is 6.75. The van der Waals surface area contributed by atoms with Gasteiger partial charge in [0.2, 0.25) is 5.91 Å². The average Bonchev–Trinajstić information content (AvgIpc) is 2.55. The number of para-hydroxylation sites is 2. The van der Waals surface area contributed by atoms with E-state index in [0.717, 1.165) is 18.5 Å². The smallest absolute Gasteiger partial charge is 0.270 e. The summed E-state index contributed by atoms with van der Waals surface area (Å²) in [7, 11) is 0. The molecule has 2 rings (SSSR count). The van der Waals surface area contributed by atoms with Crippen LogP contribution in [-0.2, 0) is 9.59 Å². The first-order chi connectivity index (χ1) is 11.5. The van der Waals surface area contributed by atoms with Gasteiger partial charge in [0.05, 0.1) is 5.69 Å². The zero-order valence-electron chi connectivity index (χ0n) is 14.9. The number of carbonyl (C=O) groups is 2. The van der Waals surface area contributed by atoms with E-state index in [1.807, 2.05) is 24.3 Å². The van der Waals surface area contributed by atoms with Gasteiger partial charge in [-0.3, -0.25) is 9.59 Å². The zero-order chi connectivity index (χ0) is 17.6. The highest BCUT2D eigenvalue weighted by Crippen LogP contribution is 2.37. The number of amides is 2. The van der Waals surface area contributed by atoms with Crippen molar-refractivity contribution in [3.05, 3.63) is 24.3 Å². The van der Waals surface area contributed by atoms with Crippen LogP contribution in [0.1, 0.15) is 52.9 Å². The van der Waals surface area contributed by atoms with Crippen LogP contribution < -0.4 is 15.0 Å². The zero-order valence-corrected chi connectivity index (χ0v) is 14.9. The Hall–Kier alpha value is -2.04. The van der Waals surface area contributed by atoms with Crippen LogP contribution in [0, 0.1) is 0 Å². The predicted octanol–water partition coefficient (Wildman–Crippen LogP) is 3.28. The summed E-state index contributed by atoms with van der Waals surface area (Å²) in [6.07, 6.45) is 4.82. The van der Waals surface area contributed by atoms with Crippen LogP contribution >= 0.6 is 0 Å². The van der Waals surface area contributed by atoms with Gasteiger partial charge in [-0.1, -0.05) is 38.3 Å². The van der Waals surface area contributed by atoms with Crippen molar-refractivity contribution in [2.45, 2.75) is 58.5 Å². The number of nitrogens with one attached hydrogen (secondary N) is 1. The highest BCUT2D eigenvalue weighted by atomic mass is 16.5. The predicted molar refractivity (Wildman–Crippen MR) is 95.3 cm³/mol. The van der Waals surface area contributed by atoms with Crippen molar-refractivity contribution in [3.8, 4) is 5.75 Å². The second kappa shape index (κ2) is 8.18. The lowest BCUT2D eigenvalue weighted by molar-refractivity contribution is -0.132. The van der Waals surface area contributed by atoms with Gasteiger partial charge in [-0.25, -0.2) is 0 Å². The molecule has 2 amide bonds. The summed E-state index contributed by atoms with van der Waals surface area (Å²) in [5.41, 5.74) is -0.178. The molecule has 24 heavy (non-hydrogen) atoms. The van der Waals surface area contributed by atoms with Crippen LogP contribution in [0.4, 0.5) is 5.69 Å². The molecular formula is C19H28N2O3. The van der Waals surface area contributed by atoms with Gasteiger partial charge in [-0.2, -0.15) is 0 Å². The summed E-state index contributed by atoms with van der Waals surface area (Å²) in [4.78, 5) is 26.3. The van der Waals surface area contributed by atoms with Gasteiger partial charge in [0.25, 0.3) is 5.91 Å². The van der Waals surface area contributed by atoms with Crippen LogP contribution in [0.3, 0.4) is 0 Å². The highest BCUT2D eigenvalue weighted by molar-refractivity contribution is 6.02. The molecule has 1 aromatic carbocycles. The molecule has 132 valence electrons. The van der Waals surface area contributed by atoms with Gasteiger partial charge in [-0.15, -0.1) is 0 Å². The molecule has 0 atom stereocenters. The van der Waals surface area contributed by atoms with E-state index in [-0.39, 0.29) is 11.8 Å². The standard InChI is InChI=1S/C19H28N2O3/c1-4-5-6-9-13-20-17(22)12-14-21-15-10-7-8-11-16(15)24-19(2,3)18(21)23/h7-8,10-11H,4-6,9,12-14H2,1-3H3,(H,20,22). The number of hydrogen-bond acceptors (Lipinski definition) is 3. The number of rotatable bonds is 8. The number of benzene rings is 1. The number of nitrogens with zero attached hydrogens (tertiary/aromatic N) is 1. The molecule has 5 nitrogen and oxygen atoms in total. The quantitative estimate of drug-likeness (QED) is 0.743. The summed E-state index contributed by atoms with van der Waals surface area (Å²) in [6, 6.07) is 7.45. The molecule has 1 aromatic rings. The van der Waals surface area contributed by atoms with E-state index in [1.54, 1.807) is 18.7 Å². The number of hydrogen-bond donors (Lipinski definition) is 1. The Kier molecular flexibility index (Phi) is 6.23. The monoisotopic (exact) mass is 332 g/mol. The maximum atomic E-state index is 12.6. The van der Waals surface area contributed by atoms with Crippen LogP contribution in [-0.4, -0.2) is 30.5 Å². The second-order valence-corrected chi connectivity index (χ2v) is 6.70. The number of carbonyl (C=O) groups excluding carboxylic acids is 2.